The second kappa shape index (κ2) is 6.31. The molecular formula is C19H23NO. The quantitative estimate of drug-likeness (QED) is 0.786. The van der Waals surface area contributed by atoms with Gasteiger partial charge in [-0.1, -0.05) is 42.5 Å². The number of rotatable bonds is 3. The van der Waals surface area contributed by atoms with Crippen molar-refractivity contribution in [2.45, 2.75) is 31.4 Å². The van der Waals surface area contributed by atoms with Crippen molar-refractivity contribution in [2.75, 3.05) is 14.1 Å². The van der Waals surface area contributed by atoms with E-state index in [1.807, 2.05) is 30.3 Å². The summed E-state index contributed by atoms with van der Waals surface area (Å²) in [5.41, 5.74) is 2.79. The molecule has 1 aliphatic carbocycles. The van der Waals surface area contributed by atoms with Gasteiger partial charge in [-0.15, -0.1) is 0 Å². The molecule has 2 aromatic carbocycles. The normalized spacial score (nSPS) is 21.7. The molecule has 3 rings (SSSR count). The van der Waals surface area contributed by atoms with E-state index in [4.69, 9.17) is 4.74 Å². The van der Waals surface area contributed by atoms with Crippen molar-refractivity contribution in [3.05, 3.63) is 65.7 Å². The third-order valence-corrected chi connectivity index (χ3v) is 4.39. The van der Waals surface area contributed by atoms with Crippen molar-refractivity contribution in [1.29, 1.82) is 0 Å². The third kappa shape index (κ3) is 3.27. The molecule has 0 aromatic heterocycles. The van der Waals surface area contributed by atoms with Crippen LogP contribution in [-0.4, -0.2) is 25.0 Å². The molecule has 21 heavy (non-hydrogen) atoms. The largest absolute Gasteiger partial charge is 0.486 e. The van der Waals surface area contributed by atoms with Crippen LogP contribution in [0.4, 0.5) is 0 Å². The zero-order chi connectivity index (χ0) is 14.7. The zero-order valence-corrected chi connectivity index (χ0v) is 12.8. The first-order chi connectivity index (χ1) is 10.2. The van der Waals surface area contributed by atoms with E-state index in [1.165, 1.54) is 17.5 Å². The summed E-state index contributed by atoms with van der Waals surface area (Å²) in [7, 11) is 4.33. The highest BCUT2D eigenvalue weighted by Crippen LogP contribution is 2.33. The van der Waals surface area contributed by atoms with E-state index < -0.39 is 0 Å². The Kier molecular flexibility index (Phi) is 4.26. The van der Waals surface area contributed by atoms with Crippen LogP contribution < -0.4 is 4.74 Å². The predicted molar refractivity (Wildman–Crippen MR) is 86.7 cm³/mol. The van der Waals surface area contributed by atoms with E-state index in [-0.39, 0.29) is 6.10 Å². The first-order valence-electron chi connectivity index (χ1n) is 7.70. The standard InChI is InChI=1S/C19H23NO/c1-20(2)16-13-12-15-8-6-7-11-18(15)19(14-16)21-17-9-4-3-5-10-17/h3-11,16,19H,12-14H2,1-2H3. The van der Waals surface area contributed by atoms with Crippen molar-refractivity contribution < 1.29 is 4.74 Å². The van der Waals surface area contributed by atoms with Crippen molar-refractivity contribution >= 4 is 0 Å². The molecule has 0 bridgehead atoms. The highest BCUT2D eigenvalue weighted by Gasteiger charge is 2.26. The van der Waals surface area contributed by atoms with Crippen LogP contribution >= 0.6 is 0 Å². The molecule has 0 saturated heterocycles. The molecule has 0 heterocycles. The number of nitrogens with zero attached hydrogens (tertiary/aromatic N) is 1. The van der Waals surface area contributed by atoms with Crippen molar-refractivity contribution in [1.82, 2.24) is 4.90 Å². The third-order valence-electron chi connectivity index (χ3n) is 4.39. The van der Waals surface area contributed by atoms with E-state index in [1.54, 1.807) is 0 Å². The SMILES string of the molecule is CN(C)C1CCc2ccccc2C(Oc2ccccc2)C1. The summed E-state index contributed by atoms with van der Waals surface area (Å²) >= 11 is 0. The molecule has 2 unspecified atom stereocenters. The maximum atomic E-state index is 6.32. The molecular weight excluding hydrogens is 258 g/mol. The highest BCUT2D eigenvalue weighted by molar-refractivity contribution is 5.32. The summed E-state index contributed by atoms with van der Waals surface area (Å²) in [6.07, 6.45) is 3.50. The highest BCUT2D eigenvalue weighted by atomic mass is 16.5. The number of para-hydroxylation sites is 1. The lowest BCUT2D eigenvalue weighted by atomic mass is 10.0. The average molecular weight is 281 g/mol. The van der Waals surface area contributed by atoms with Gasteiger partial charge < -0.3 is 9.64 Å². The molecule has 2 aromatic rings. The van der Waals surface area contributed by atoms with Crippen molar-refractivity contribution in [3.8, 4) is 5.75 Å². The fraction of sp³-hybridized carbons (Fsp3) is 0.368. The van der Waals surface area contributed by atoms with E-state index in [9.17, 15) is 0 Å². The second-order valence-corrected chi connectivity index (χ2v) is 6.01. The van der Waals surface area contributed by atoms with Crippen LogP contribution in [0.3, 0.4) is 0 Å². The number of aryl methyl sites for hydroxylation is 1. The Hall–Kier alpha value is -1.80. The second-order valence-electron chi connectivity index (χ2n) is 6.01. The smallest absolute Gasteiger partial charge is 0.125 e. The van der Waals surface area contributed by atoms with Gasteiger partial charge in [-0.05, 0) is 50.2 Å². The van der Waals surface area contributed by atoms with Gasteiger partial charge in [-0.3, -0.25) is 0 Å². The van der Waals surface area contributed by atoms with Crippen LogP contribution in [0.25, 0.3) is 0 Å². The lowest BCUT2D eigenvalue weighted by molar-refractivity contribution is 0.147. The molecule has 0 fully saturated rings. The average Bonchev–Trinajstić information content (AvgIpc) is 2.69. The summed E-state index contributed by atoms with van der Waals surface area (Å²) in [4.78, 5) is 2.33. The molecule has 2 atom stereocenters. The molecule has 0 N–H and O–H groups in total. The molecule has 0 aliphatic heterocycles. The first-order valence-corrected chi connectivity index (χ1v) is 7.70. The number of fused-ring (bicyclic) bond motifs is 1. The summed E-state index contributed by atoms with van der Waals surface area (Å²) in [6.45, 7) is 0. The van der Waals surface area contributed by atoms with Crippen LogP contribution in [0, 0.1) is 0 Å². The molecule has 0 radical (unpaired) electrons. The van der Waals surface area contributed by atoms with Crippen LogP contribution in [0.15, 0.2) is 54.6 Å². The topological polar surface area (TPSA) is 12.5 Å². The Morgan fingerprint density at radius 2 is 1.67 bits per heavy atom. The van der Waals surface area contributed by atoms with Gasteiger partial charge >= 0.3 is 0 Å². The van der Waals surface area contributed by atoms with Crippen molar-refractivity contribution in [2.24, 2.45) is 0 Å². The summed E-state index contributed by atoms with van der Waals surface area (Å²) in [6, 6.07) is 19.4. The monoisotopic (exact) mass is 281 g/mol. The number of hydrogen-bond acceptors (Lipinski definition) is 2. The fourth-order valence-corrected chi connectivity index (χ4v) is 3.13. The maximum Gasteiger partial charge on any atom is 0.125 e. The van der Waals surface area contributed by atoms with Gasteiger partial charge in [0.1, 0.15) is 11.9 Å². The summed E-state index contributed by atoms with van der Waals surface area (Å²) in [5.74, 6) is 0.955. The Labute approximate surface area is 127 Å². The number of hydrogen-bond donors (Lipinski definition) is 0. The molecule has 2 heteroatoms. The molecule has 0 saturated carbocycles. The van der Waals surface area contributed by atoms with Gasteiger partial charge in [0.25, 0.3) is 0 Å². The minimum absolute atomic E-state index is 0.137. The minimum Gasteiger partial charge on any atom is -0.486 e. The lowest BCUT2D eigenvalue weighted by Crippen LogP contribution is -2.30. The van der Waals surface area contributed by atoms with E-state index in [0.717, 1.165) is 18.6 Å². The predicted octanol–water partition coefficient (Wildman–Crippen LogP) is 4.07. The Morgan fingerprint density at radius 1 is 0.952 bits per heavy atom. The molecule has 2 nitrogen and oxygen atoms in total. The van der Waals surface area contributed by atoms with Gasteiger partial charge in [0.05, 0.1) is 0 Å². The summed E-state index contributed by atoms with van der Waals surface area (Å²) < 4.78 is 6.32. The maximum absolute atomic E-state index is 6.32. The fourth-order valence-electron chi connectivity index (χ4n) is 3.13. The van der Waals surface area contributed by atoms with E-state index >= 15 is 0 Å². The van der Waals surface area contributed by atoms with Gasteiger partial charge in [0, 0.05) is 12.5 Å². The zero-order valence-electron chi connectivity index (χ0n) is 12.8. The van der Waals surface area contributed by atoms with Crippen LogP contribution in [0.2, 0.25) is 0 Å². The van der Waals surface area contributed by atoms with Crippen LogP contribution in [-0.2, 0) is 6.42 Å². The number of ether oxygens (including phenoxy) is 1. The molecule has 1 aliphatic rings. The van der Waals surface area contributed by atoms with E-state index in [0.29, 0.717) is 6.04 Å². The van der Waals surface area contributed by atoms with Crippen molar-refractivity contribution in [3.63, 3.8) is 0 Å². The van der Waals surface area contributed by atoms with Gasteiger partial charge in [-0.2, -0.15) is 0 Å². The number of benzene rings is 2. The Balaban J connectivity index is 1.90. The Bertz CT molecular complexity index is 579. The minimum atomic E-state index is 0.137. The molecule has 0 amide bonds. The van der Waals surface area contributed by atoms with Gasteiger partial charge in [0.15, 0.2) is 0 Å². The lowest BCUT2D eigenvalue weighted by Gasteiger charge is -2.27. The molecule has 110 valence electrons. The molecule has 0 spiro atoms. The summed E-state index contributed by atoms with van der Waals surface area (Å²) in [5, 5.41) is 0. The van der Waals surface area contributed by atoms with E-state index in [2.05, 4.69) is 43.3 Å². The van der Waals surface area contributed by atoms with Crippen LogP contribution in [0.5, 0.6) is 5.75 Å². The van der Waals surface area contributed by atoms with Gasteiger partial charge in [-0.25, -0.2) is 0 Å². The van der Waals surface area contributed by atoms with Gasteiger partial charge in [0.2, 0.25) is 0 Å². The Morgan fingerprint density at radius 3 is 2.43 bits per heavy atom. The first kappa shape index (κ1) is 14.2. The van der Waals surface area contributed by atoms with Crippen LogP contribution in [0.1, 0.15) is 30.1 Å².